The lowest BCUT2D eigenvalue weighted by Crippen LogP contribution is -2.07. The number of methoxy groups -OCH3 is 1. The van der Waals surface area contributed by atoms with E-state index in [4.69, 9.17) is 14.2 Å². The second-order valence-electron chi connectivity index (χ2n) is 10.2. The molecule has 4 aromatic rings. The van der Waals surface area contributed by atoms with Gasteiger partial charge in [0.1, 0.15) is 17.2 Å². The first-order valence-corrected chi connectivity index (χ1v) is 15.0. The molecule has 4 aromatic carbocycles. The molecule has 0 amide bonds. The second-order valence-corrected chi connectivity index (χ2v) is 10.2. The summed E-state index contributed by atoms with van der Waals surface area (Å²) in [5.74, 6) is 2.84. The highest BCUT2D eigenvalue weighted by atomic mass is 16.5. The first kappa shape index (κ1) is 34.7. The summed E-state index contributed by atoms with van der Waals surface area (Å²) in [6.07, 6.45) is 12.6. The molecule has 3 heteroatoms. The summed E-state index contributed by atoms with van der Waals surface area (Å²) in [5.41, 5.74) is 5.71. The minimum atomic E-state index is 0.161. The number of rotatable bonds is 9. The molecule has 0 aliphatic carbocycles. The largest absolute Gasteiger partial charge is 0.496 e. The lowest BCUT2D eigenvalue weighted by molar-refractivity contribution is 0.242. The molecule has 3 nitrogen and oxygen atoms in total. The van der Waals surface area contributed by atoms with E-state index < -0.39 is 0 Å². The monoisotopic (exact) mass is 576 g/mol. The van der Waals surface area contributed by atoms with Crippen molar-refractivity contribution in [3.63, 3.8) is 0 Å². The maximum atomic E-state index is 6.03. The van der Waals surface area contributed by atoms with Crippen molar-refractivity contribution in [1.29, 1.82) is 0 Å². The predicted octanol–water partition coefficient (Wildman–Crippen LogP) is 11.4. The van der Waals surface area contributed by atoms with Crippen LogP contribution in [-0.4, -0.2) is 19.3 Å². The zero-order valence-electron chi connectivity index (χ0n) is 27.1. The molecule has 0 radical (unpaired) electrons. The molecule has 0 unspecified atom stereocenters. The number of benzene rings is 4. The van der Waals surface area contributed by atoms with Crippen molar-refractivity contribution < 1.29 is 14.2 Å². The van der Waals surface area contributed by atoms with Crippen LogP contribution in [0.15, 0.2) is 115 Å². The Kier molecular flexibility index (Phi) is 15.8. The highest BCUT2D eigenvalue weighted by molar-refractivity contribution is 5.76. The molecule has 226 valence electrons. The van der Waals surface area contributed by atoms with Crippen LogP contribution < -0.4 is 14.2 Å². The average Bonchev–Trinajstić information content (AvgIpc) is 3.00. The minimum Gasteiger partial charge on any atom is -0.496 e. The maximum absolute atomic E-state index is 6.03. The van der Waals surface area contributed by atoms with Gasteiger partial charge in [-0.05, 0) is 66.2 Å². The predicted molar refractivity (Wildman–Crippen MR) is 187 cm³/mol. The third-order valence-electron chi connectivity index (χ3n) is 5.94. The van der Waals surface area contributed by atoms with Gasteiger partial charge in [0.05, 0.1) is 19.3 Å². The van der Waals surface area contributed by atoms with Crippen molar-refractivity contribution in [1.82, 2.24) is 0 Å². The molecule has 0 aliphatic rings. The van der Waals surface area contributed by atoms with Crippen LogP contribution in [0.3, 0.4) is 0 Å². The van der Waals surface area contributed by atoms with Crippen molar-refractivity contribution in [3.05, 3.63) is 132 Å². The van der Waals surface area contributed by atoms with Gasteiger partial charge in [-0.2, -0.15) is 0 Å². The SMILES string of the molecule is CC=Cc1cccc(-c2ccccc2)c1OC(C)C.CC=Cc1ccccc1OC.CC=Cc1ccccc1OC(C)C. The first-order chi connectivity index (χ1) is 20.8. The zero-order valence-corrected chi connectivity index (χ0v) is 27.1. The van der Waals surface area contributed by atoms with E-state index in [-0.39, 0.29) is 12.2 Å². The molecule has 43 heavy (non-hydrogen) atoms. The Hall–Kier alpha value is -4.50. The molecule has 0 atom stereocenters. The van der Waals surface area contributed by atoms with Crippen LogP contribution in [0.4, 0.5) is 0 Å². The second kappa shape index (κ2) is 19.6. The summed E-state index contributed by atoms with van der Waals surface area (Å²) in [6, 6.07) is 32.6. The van der Waals surface area contributed by atoms with Gasteiger partial charge in [-0.3, -0.25) is 0 Å². The Morgan fingerprint density at radius 1 is 0.488 bits per heavy atom. The fraction of sp³-hybridized carbons (Fsp3) is 0.250. The molecule has 0 fully saturated rings. The van der Waals surface area contributed by atoms with E-state index in [0.717, 1.165) is 39.5 Å². The van der Waals surface area contributed by atoms with Crippen LogP contribution in [0.2, 0.25) is 0 Å². The minimum absolute atomic E-state index is 0.161. The van der Waals surface area contributed by atoms with Crippen LogP contribution in [0.25, 0.3) is 29.4 Å². The van der Waals surface area contributed by atoms with Crippen LogP contribution in [0.1, 0.15) is 65.2 Å². The Morgan fingerprint density at radius 3 is 1.49 bits per heavy atom. The lowest BCUT2D eigenvalue weighted by atomic mass is 10.0. The molecule has 0 saturated heterocycles. The van der Waals surface area contributed by atoms with E-state index in [1.165, 1.54) is 5.56 Å². The normalized spacial score (nSPS) is 10.9. The fourth-order valence-electron chi connectivity index (χ4n) is 4.22. The molecule has 0 aliphatic heterocycles. The van der Waals surface area contributed by atoms with Crippen molar-refractivity contribution in [2.24, 2.45) is 0 Å². The smallest absolute Gasteiger partial charge is 0.134 e. The number of para-hydroxylation sites is 3. The van der Waals surface area contributed by atoms with E-state index in [1.807, 2.05) is 107 Å². The maximum Gasteiger partial charge on any atom is 0.134 e. The third kappa shape index (κ3) is 12.1. The molecule has 0 saturated carbocycles. The summed E-state index contributed by atoms with van der Waals surface area (Å²) < 4.78 is 16.8. The highest BCUT2D eigenvalue weighted by Gasteiger charge is 2.11. The van der Waals surface area contributed by atoms with Gasteiger partial charge in [0.15, 0.2) is 0 Å². The number of hydrogen-bond donors (Lipinski definition) is 0. The van der Waals surface area contributed by atoms with E-state index in [1.54, 1.807) is 7.11 Å². The highest BCUT2D eigenvalue weighted by Crippen LogP contribution is 2.34. The van der Waals surface area contributed by atoms with E-state index >= 15 is 0 Å². The summed E-state index contributed by atoms with van der Waals surface area (Å²) in [6.45, 7) is 14.2. The van der Waals surface area contributed by atoms with Crippen molar-refractivity contribution in [2.75, 3.05) is 7.11 Å². The van der Waals surface area contributed by atoms with Crippen LogP contribution in [-0.2, 0) is 0 Å². The van der Waals surface area contributed by atoms with Gasteiger partial charge >= 0.3 is 0 Å². The summed E-state index contributed by atoms with van der Waals surface area (Å²) in [4.78, 5) is 0. The molecule has 0 N–H and O–H groups in total. The average molecular weight is 577 g/mol. The van der Waals surface area contributed by atoms with E-state index in [9.17, 15) is 0 Å². The molecule has 0 spiro atoms. The number of hydrogen-bond acceptors (Lipinski definition) is 3. The quantitative estimate of drug-likeness (QED) is 0.198. The van der Waals surface area contributed by atoms with Gasteiger partial charge in [0.2, 0.25) is 0 Å². The summed E-state index contributed by atoms with van der Waals surface area (Å²) in [7, 11) is 1.68. The Labute approximate surface area is 260 Å². The van der Waals surface area contributed by atoms with E-state index in [2.05, 4.69) is 74.5 Å². The van der Waals surface area contributed by atoms with Crippen LogP contribution >= 0.6 is 0 Å². The van der Waals surface area contributed by atoms with Gasteiger partial charge in [0.25, 0.3) is 0 Å². The van der Waals surface area contributed by atoms with Crippen LogP contribution in [0, 0.1) is 0 Å². The molecule has 0 bridgehead atoms. The Balaban J connectivity index is 0.000000236. The van der Waals surface area contributed by atoms with Crippen molar-refractivity contribution in [2.45, 2.75) is 60.7 Å². The van der Waals surface area contributed by atoms with Gasteiger partial charge in [-0.25, -0.2) is 0 Å². The van der Waals surface area contributed by atoms with Gasteiger partial charge in [-0.1, -0.05) is 121 Å². The lowest BCUT2D eigenvalue weighted by Gasteiger charge is -2.17. The Bertz CT molecular complexity index is 1430. The summed E-state index contributed by atoms with van der Waals surface area (Å²) in [5, 5.41) is 0. The Morgan fingerprint density at radius 2 is 0.953 bits per heavy atom. The zero-order chi connectivity index (χ0) is 31.5. The van der Waals surface area contributed by atoms with Gasteiger partial charge in [0, 0.05) is 22.3 Å². The topological polar surface area (TPSA) is 27.7 Å². The van der Waals surface area contributed by atoms with Gasteiger partial charge < -0.3 is 14.2 Å². The molecule has 0 heterocycles. The molecule has 0 aromatic heterocycles. The van der Waals surface area contributed by atoms with Crippen LogP contribution in [0.5, 0.6) is 17.2 Å². The van der Waals surface area contributed by atoms with Crippen molar-refractivity contribution in [3.8, 4) is 28.4 Å². The number of allylic oxidation sites excluding steroid dienone is 3. The number of ether oxygens (including phenoxy) is 3. The standard InChI is InChI=1S/C18H20O.C12H16O.C10H12O/c1-4-9-16-12-8-13-17(18(16)19-14(2)3)15-10-6-5-7-11-15;1-4-7-11-8-5-6-9-12(11)13-10(2)3;1-3-6-9-7-4-5-8-10(9)11-2/h4-14H,1-3H3;4-10H,1-3H3;3-8H,1-2H3. The molecule has 4 rings (SSSR count). The van der Waals surface area contributed by atoms with Crippen molar-refractivity contribution >= 4 is 18.2 Å². The fourth-order valence-corrected chi connectivity index (χ4v) is 4.22. The van der Waals surface area contributed by atoms with Gasteiger partial charge in [-0.15, -0.1) is 0 Å². The van der Waals surface area contributed by atoms with E-state index in [0.29, 0.717) is 0 Å². The molecular weight excluding hydrogens is 528 g/mol. The first-order valence-electron chi connectivity index (χ1n) is 15.0. The summed E-state index contributed by atoms with van der Waals surface area (Å²) >= 11 is 0. The third-order valence-corrected chi connectivity index (χ3v) is 5.94. The molecular formula is C40H48O3.